The van der Waals surface area contributed by atoms with Crippen LogP contribution in [0.25, 0.3) is 28.2 Å². The third kappa shape index (κ3) is 4.11. The highest BCUT2D eigenvalue weighted by Gasteiger charge is 2.36. The molecule has 0 radical (unpaired) electrons. The molecule has 0 saturated heterocycles. The van der Waals surface area contributed by atoms with Crippen molar-refractivity contribution in [3.63, 3.8) is 0 Å². The van der Waals surface area contributed by atoms with Crippen LogP contribution in [0.15, 0.2) is 54.9 Å². The number of rotatable bonds is 5. The Morgan fingerprint density at radius 3 is 2.62 bits per heavy atom. The normalized spacial score (nSPS) is 14.6. The molecule has 1 aliphatic carbocycles. The number of pyridine rings is 1. The average molecular weight is 486 g/mol. The number of benzene rings is 1. The molecule has 3 heterocycles. The van der Waals surface area contributed by atoms with Gasteiger partial charge in [-0.05, 0) is 49.2 Å². The second kappa shape index (κ2) is 8.72. The molecule has 5 rings (SSSR count). The molecule has 34 heavy (non-hydrogen) atoms. The maximum atomic E-state index is 13.4. The second-order valence-electron chi connectivity index (χ2n) is 8.16. The van der Waals surface area contributed by atoms with Crippen LogP contribution in [0.5, 0.6) is 0 Å². The standard InChI is InChI=1S/C24H19ClF3N5O/c25-18-8-7-15(12-21(18)32(14-34)16-4-1-2-5-16)20-13-33-22(30-20)10-9-19(31-33)17-6-3-11-29-23(17)24(26,27)28/h3,6-14,16H,1-2,4-5H2. The van der Waals surface area contributed by atoms with Gasteiger partial charge >= 0.3 is 6.18 Å². The van der Waals surface area contributed by atoms with Crippen LogP contribution in [0.1, 0.15) is 31.4 Å². The fourth-order valence-corrected chi connectivity index (χ4v) is 4.61. The van der Waals surface area contributed by atoms with Crippen LogP contribution in [-0.4, -0.2) is 32.0 Å². The number of nitrogens with zero attached hydrogens (tertiary/aromatic N) is 5. The van der Waals surface area contributed by atoms with Gasteiger partial charge in [0, 0.05) is 23.4 Å². The van der Waals surface area contributed by atoms with E-state index >= 15 is 0 Å². The van der Waals surface area contributed by atoms with Crippen LogP contribution < -0.4 is 4.90 Å². The lowest BCUT2D eigenvalue weighted by Gasteiger charge is -2.26. The zero-order chi connectivity index (χ0) is 23.9. The van der Waals surface area contributed by atoms with Crippen LogP contribution in [-0.2, 0) is 11.0 Å². The van der Waals surface area contributed by atoms with E-state index in [1.165, 1.54) is 22.7 Å². The van der Waals surface area contributed by atoms with Gasteiger partial charge in [0.2, 0.25) is 6.41 Å². The summed E-state index contributed by atoms with van der Waals surface area (Å²) in [5, 5.41) is 4.80. The molecule has 1 aliphatic rings. The van der Waals surface area contributed by atoms with Gasteiger partial charge in [0.25, 0.3) is 0 Å². The van der Waals surface area contributed by atoms with Crippen molar-refractivity contribution in [2.75, 3.05) is 4.90 Å². The van der Waals surface area contributed by atoms with Gasteiger partial charge in [0.05, 0.1) is 28.3 Å². The Morgan fingerprint density at radius 1 is 1.09 bits per heavy atom. The minimum absolute atomic E-state index is 0.109. The van der Waals surface area contributed by atoms with Crippen molar-refractivity contribution >= 4 is 29.3 Å². The number of halogens is 4. The lowest BCUT2D eigenvalue weighted by molar-refractivity contribution is -0.140. The van der Waals surface area contributed by atoms with Crippen LogP contribution in [0, 0.1) is 0 Å². The first-order valence-corrected chi connectivity index (χ1v) is 11.2. The highest BCUT2D eigenvalue weighted by Crippen LogP contribution is 2.36. The third-order valence-corrected chi connectivity index (χ3v) is 6.34. The second-order valence-corrected chi connectivity index (χ2v) is 8.57. The average Bonchev–Trinajstić information content (AvgIpc) is 3.50. The highest BCUT2D eigenvalue weighted by molar-refractivity contribution is 6.33. The monoisotopic (exact) mass is 485 g/mol. The first-order chi connectivity index (χ1) is 16.3. The van der Waals surface area contributed by atoms with Crippen molar-refractivity contribution in [2.45, 2.75) is 37.9 Å². The Balaban J connectivity index is 1.54. The number of imidazole rings is 1. The fraction of sp³-hybridized carbons (Fsp3) is 0.250. The number of aromatic nitrogens is 4. The van der Waals surface area contributed by atoms with Crippen molar-refractivity contribution in [3.8, 4) is 22.5 Å². The van der Waals surface area contributed by atoms with Crippen LogP contribution in [0.2, 0.25) is 5.02 Å². The summed E-state index contributed by atoms with van der Waals surface area (Å²) in [6.45, 7) is 0. The van der Waals surface area contributed by atoms with E-state index in [2.05, 4.69) is 15.1 Å². The molecule has 0 N–H and O–H groups in total. The minimum atomic E-state index is -4.60. The number of alkyl halides is 3. The van der Waals surface area contributed by atoms with Crippen molar-refractivity contribution in [3.05, 3.63) is 65.6 Å². The van der Waals surface area contributed by atoms with Gasteiger partial charge in [0.1, 0.15) is 0 Å². The Bertz CT molecular complexity index is 1360. The summed E-state index contributed by atoms with van der Waals surface area (Å²) in [5.41, 5.74) is 1.37. The van der Waals surface area contributed by atoms with Gasteiger partial charge in [-0.3, -0.25) is 9.78 Å². The van der Waals surface area contributed by atoms with Crippen LogP contribution in [0.4, 0.5) is 18.9 Å². The van der Waals surface area contributed by atoms with Crippen molar-refractivity contribution < 1.29 is 18.0 Å². The summed E-state index contributed by atoms with van der Waals surface area (Å²) in [5.74, 6) is 0. The molecular formula is C24H19ClF3N5O. The summed E-state index contributed by atoms with van der Waals surface area (Å²) in [6, 6.07) is 11.3. The number of hydrogen-bond acceptors (Lipinski definition) is 4. The van der Waals surface area contributed by atoms with Gasteiger partial charge in [-0.1, -0.05) is 30.5 Å². The molecule has 0 spiro atoms. The molecule has 174 valence electrons. The first kappa shape index (κ1) is 22.3. The van der Waals surface area contributed by atoms with Gasteiger partial charge in [-0.2, -0.15) is 18.3 Å². The fourth-order valence-electron chi connectivity index (χ4n) is 4.39. The third-order valence-electron chi connectivity index (χ3n) is 6.02. The molecule has 1 amide bonds. The number of carbonyl (C=O) groups excluding carboxylic acids is 1. The molecule has 0 unspecified atom stereocenters. The van der Waals surface area contributed by atoms with Crippen molar-refractivity contribution in [1.82, 2.24) is 19.6 Å². The quantitative estimate of drug-likeness (QED) is 0.323. The molecule has 6 nitrogen and oxygen atoms in total. The highest BCUT2D eigenvalue weighted by atomic mass is 35.5. The van der Waals surface area contributed by atoms with E-state index in [0.29, 0.717) is 27.6 Å². The van der Waals surface area contributed by atoms with Gasteiger partial charge in [-0.15, -0.1) is 0 Å². The summed E-state index contributed by atoms with van der Waals surface area (Å²) < 4.78 is 41.6. The van der Waals surface area contributed by atoms with Crippen LogP contribution in [0.3, 0.4) is 0 Å². The molecule has 1 fully saturated rings. The van der Waals surface area contributed by atoms with E-state index in [9.17, 15) is 18.0 Å². The zero-order valence-electron chi connectivity index (χ0n) is 17.8. The number of carbonyl (C=O) groups is 1. The summed E-state index contributed by atoms with van der Waals surface area (Å²) in [4.78, 5) is 21.6. The summed E-state index contributed by atoms with van der Waals surface area (Å²) in [6.07, 6.45) is 2.94. The Kier molecular flexibility index (Phi) is 5.73. The Morgan fingerprint density at radius 2 is 1.88 bits per heavy atom. The maximum Gasteiger partial charge on any atom is 0.434 e. The summed E-state index contributed by atoms with van der Waals surface area (Å²) in [7, 11) is 0. The van der Waals surface area contributed by atoms with Gasteiger partial charge < -0.3 is 4.90 Å². The van der Waals surface area contributed by atoms with E-state index in [4.69, 9.17) is 11.6 Å². The first-order valence-electron chi connectivity index (χ1n) is 10.8. The molecule has 0 aliphatic heterocycles. The van der Waals surface area contributed by atoms with Gasteiger partial charge in [0.15, 0.2) is 11.3 Å². The largest absolute Gasteiger partial charge is 0.434 e. The van der Waals surface area contributed by atoms with E-state index in [0.717, 1.165) is 38.3 Å². The Labute approximate surface area is 198 Å². The van der Waals surface area contributed by atoms with Crippen molar-refractivity contribution in [1.29, 1.82) is 0 Å². The molecule has 3 aromatic heterocycles. The van der Waals surface area contributed by atoms with Crippen molar-refractivity contribution in [2.24, 2.45) is 0 Å². The van der Waals surface area contributed by atoms with Gasteiger partial charge in [-0.25, -0.2) is 9.50 Å². The SMILES string of the molecule is O=CN(c1cc(-c2cn3nc(-c4cccnc4C(F)(F)F)ccc3n2)ccc1Cl)C1CCCC1. The minimum Gasteiger partial charge on any atom is -0.310 e. The van der Waals surface area contributed by atoms with E-state index in [1.54, 1.807) is 35.4 Å². The molecule has 1 aromatic carbocycles. The smallest absolute Gasteiger partial charge is 0.310 e. The molecule has 1 saturated carbocycles. The zero-order valence-corrected chi connectivity index (χ0v) is 18.6. The number of amides is 1. The molecule has 0 atom stereocenters. The molecule has 0 bridgehead atoms. The predicted octanol–water partition coefficient (Wildman–Crippen LogP) is 6.04. The molecule has 10 heteroatoms. The molecule has 4 aromatic rings. The molecular weight excluding hydrogens is 467 g/mol. The lowest BCUT2D eigenvalue weighted by Crippen LogP contribution is -2.32. The van der Waals surface area contributed by atoms with E-state index in [-0.39, 0.29) is 17.3 Å². The predicted molar refractivity (Wildman–Crippen MR) is 122 cm³/mol. The Hall–Kier alpha value is -3.46. The van der Waals surface area contributed by atoms with Crippen LogP contribution >= 0.6 is 11.6 Å². The topological polar surface area (TPSA) is 63.4 Å². The number of anilines is 1. The maximum absolute atomic E-state index is 13.4. The lowest BCUT2D eigenvalue weighted by atomic mass is 10.1. The number of fused-ring (bicyclic) bond motifs is 1. The van der Waals surface area contributed by atoms with E-state index in [1.807, 2.05) is 0 Å². The van der Waals surface area contributed by atoms with E-state index < -0.39 is 11.9 Å². The summed E-state index contributed by atoms with van der Waals surface area (Å²) >= 11 is 6.42. The number of hydrogen-bond donors (Lipinski definition) is 0.